The number of hydrazine groups is 1. The highest BCUT2D eigenvalue weighted by Gasteiger charge is 2.24. The van der Waals surface area contributed by atoms with Crippen molar-refractivity contribution in [2.75, 3.05) is 5.43 Å². The summed E-state index contributed by atoms with van der Waals surface area (Å²) in [7, 11) is 0. The standard InChI is InChI=1S/C14H20N4/c1-11-5-3-6-12(2)18(11)16-14-8-4-7-13-15-9-10-17(13)14/h4,7-12,16H,3,5-6H2,1-2H3. The maximum Gasteiger partial charge on any atom is 0.138 e. The molecule has 2 aromatic heterocycles. The summed E-state index contributed by atoms with van der Waals surface area (Å²) in [5.41, 5.74) is 4.55. The third-order valence-corrected chi connectivity index (χ3v) is 3.87. The zero-order chi connectivity index (χ0) is 12.5. The number of nitrogens with one attached hydrogen (secondary N) is 1. The lowest BCUT2D eigenvalue weighted by molar-refractivity contribution is 0.135. The van der Waals surface area contributed by atoms with Crippen molar-refractivity contribution < 1.29 is 0 Å². The van der Waals surface area contributed by atoms with Gasteiger partial charge in [0.1, 0.15) is 11.5 Å². The molecule has 4 heteroatoms. The predicted octanol–water partition coefficient (Wildman–Crippen LogP) is 2.92. The van der Waals surface area contributed by atoms with Gasteiger partial charge in [-0.3, -0.25) is 4.40 Å². The van der Waals surface area contributed by atoms with E-state index in [1.165, 1.54) is 19.3 Å². The molecule has 0 radical (unpaired) electrons. The van der Waals surface area contributed by atoms with E-state index in [4.69, 9.17) is 0 Å². The third-order valence-electron chi connectivity index (χ3n) is 3.87. The summed E-state index contributed by atoms with van der Waals surface area (Å²) in [4.78, 5) is 4.31. The van der Waals surface area contributed by atoms with Gasteiger partial charge < -0.3 is 5.43 Å². The largest absolute Gasteiger partial charge is 0.304 e. The molecule has 18 heavy (non-hydrogen) atoms. The Kier molecular flexibility index (Phi) is 2.96. The van der Waals surface area contributed by atoms with Gasteiger partial charge in [0.15, 0.2) is 0 Å². The third kappa shape index (κ3) is 1.97. The van der Waals surface area contributed by atoms with Crippen LogP contribution in [0.15, 0.2) is 30.6 Å². The molecule has 4 nitrogen and oxygen atoms in total. The average Bonchev–Trinajstić information content (AvgIpc) is 2.83. The second-order valence-electron chi connectivity index (χ2n) is 5.21. The van der Waals surface area contributed by atoms with E-state index in [2.05, 4.69) is 39.7 Å². The fourth-order valence-electron chi connectivity index (χ4n) is 2.81. The molecule has 1 aliphatic heterocycles. The molecule has 2 aromatic rings. The highest BCUT2D eigenvalue weighted by Crippen LogP contribution is 2.23. The van der Waals surface area contributed by atoms with Gasteiger partial charge in [0.25, 0.3) is 0 Å². The van der Waals surface area contributed by atoms with Gasteiger partial charge in [-0.05, 0) is 38.8 Å². The second kappa shape index (κ2) is 4.61. The van der Waals surface area contributed by atoms with Crippen molar-refractivity contribution in [1.82, 2.24) is 14.4 Å². The first-order valence-electron chi connectivity index (χ1n) is 6.73. The fraction of sp³-hybridized carbons (Fsp3) is 0.500. The van der Waals surface area contributed by atoms with E-state index < -0.39 is 0 Å². The van der Waals surface area contributed by atoms with Crippen molar-refractivity contribution in [2.24, 2.45) is 0 Å². The second-order valence-corrected chi connectivity index (χ2v) is 5.21. The van der Waals surface area contributed by atoms with Crippen molar-refractivity contribution in [3.63, 3.8) is 0 Å². The average molecular weight is 244 g/mol. The minimum absolute atomic E-state index is 0.576. The normalized spacial score (nSPS) is 25.4. The van der Waals surface area contributed by atoms with E-state index in [-0.39, 0.29) is 0 Å². The lowest BCUT2D eigenvalue weighted by Gasteiger charge is -2.39. The summed E-state index contributed by atoms with van der Waals surface area (Å²) in [6, 6.07) is 7.32. The van der Waals surface area contributed by atoms with E-state index in [0.717, 1.165) is 11.5 Å². The van der Waals surface area contributed by atoms with E-state index >= 15 is 0 Å². The molecule has 0 bridgehead atoms. The summed E-state index contributed by atoms with van der Waals surface area (Å²) in [6.45, 7) is 4.58. The predicted molar refractivity (Wildman–Crippen MR) is 73.4 cm³/mol. The van der Waals surface area contributed by atoms with Gasteiger partial charge >= 0.3 is 0 Å². The van der Waals surface area contributed by atoms with Crippen molar-refractivity contribution in [2.45, 2.75) is 45.2 Å². The molecule has 3 rings (SSSR count). The van der Waals surface area contributed by atoms with Crippen LogP contribution in [0.5, 0.6) is 0 Å². The Labute approximate surface area is 108 Å². The molecule has 1 N–H and O–H groups in total. The number of hydrogen-bond donors (Lipinski definition) is 1. The SMILES string of the molecule is CC1CCCC(C)N1Nc1cccc2nccn12. The van der Waals surface area contributed by atoms with Crippen LogP contribution in [-0.2, 0) is 0 Å². The Hall–Kier alpha value is -1.55. The minimum Gasteiger partial charge on any atom is -0.304 e. The van der Waals surface area contributed by atoms with E-state index in [9.17, 15) is 0 Å². The van der Waals surface area contributed by atoms with Crippen LogP contribution in [-0.4, -0.2) is 26.5 Å². The van der Waals surface area contributed by atoms with Crippen LogP contribution in [0.1, 0.15) is 33.1 Å². The molecule has 1 saturated heterocycles. The summed E-state index contributed by atoms with van der Waals surface area (Å²) in [5, 5.41) is 2.37. The van der Waals surface area contributed by atoms with Crippen LogP contribution >= 0.6 is 0 Å². The lowest BCUT2D eigenvalue weighted by Crippen LogP contribution is -2.47. The smallest absolute Gasteiger partial charge is 0.138 e. The number of imidazole rings is 1. The summed E-state index contributed by atoms with van der Waals surface area (Å²) in [5.74, 6) is 1.09. The first kappa shape index (κ1) is 11.5. The molecular formula is C14H20N4. The molecule has 0 saturated carbocycles. The van der Waals surface area contributed by atoms with Crippen molar-refractivity contribution in [3.8, 4) is 0 Å². The molecule has 3 heterocycles. The summed E-state index contributed by atoms with van der Waals surface area (Å²) < 4.78 is 2.09. The molecule has 0 aliphatic carbocycles. The zero-order valence-corrected chi connectivity index (χ0v) is 11.0. The Morgan fingerprint density at radius 1 is 1.22 bits per heavy atom. The first-order chi connectivity index (χ1) is 8.75. The van der Waals surface area contributed by atoms with Crippen LogP contribution in [0.4, 0.5) is 5.82 Å². The molecule has 2 unspecified atom stereocenters. The lowest BCUT2D eigenvalue weighted by atomic mass is 10.00. The zero-order valence-electron chi connectivity index (χ0n) is 11.0. The topological polar surface area (TPSA) is 32.6 Å². The van der Waals surface area contributed by atoms with E-state index in [1.807, 2.05) is 24.5 Å². The highest BCUT2D eigenvalue weighted by atomic mass is 15.6. The molecule has 2 atom stereocenters. The Bertz CT molecular complexity index is 523. The number of hydrogen-bond acceptors (Lipinski definition) is 3. The van der Waals surface area contributed by atoms with Gasteiger partial charge in [0.2, 0.25) is 0 Å². The Morgan fingerprint density at radius 2 is 2.00 bits per heavy atom. The Morgan fingerprint density at radius 3 is 2.78 bits per heavy atom. The van der Waals surface area contributed by atoms with Crippen molar-refractivity contribution in [1.29, 1.82) is 0 Å². The number of pyridine rings is 1. The molecule has 0 spiro atoms. The number of rotatable bonds is 2. The van der Waals surface area contributed by atoms with Crippen LogP contribution in [0, 0.1) is 0 Å². The molecule has 0 aromatic carbocycles. The van der Waals surface area contributed by atoms with Gasteiger partial charge in [-0.15, -0.1) is 0 Å². The van der Waals surface area contributed by atoms with Gasteiger partial charge in [0, 0.05) is 24.5 Å². The monoisotopic (exact) mass is 244 g/mol. The molecule has 1 fully saturated rings. The number of fused-ring (bicyclic) bond motifs is 1. The van der Waals surface area contributed by atoms with Gasteiger partial charge in [0.05, 0.1) is 0 Å². The van der Waals surface area contributed by atoms with Gasteiger partial charge in [-0.1, -0.05) is 12.5 Å². The quantitative estimate of drug-likeness (QED) is 0.881. The molecule has 96 valence electrons. The Balaban J connectivity index is 1.89. The minimum atomic E-state index is 0.576. The molecular weight excluding hydrogens is 224 g/mol. The van der Waals surface area contributed by atoms with E-state index in [1.54, 1.807) is 0 Å². The first-order valence-corrected chi connectivity index (χ1v) is 6.73. The molecule has 0 amide bonds. The van der Waals surface area contributed by atoms with Crippen LogP contribution < -0.4 is 5.43 Å². The fourth-order valence-corrected chi connectivity index (χ4v) is 2.81. The van der Waals surface area contributed by atoms with Crippen LogP contribution in [0.3, 0.4) is 0 Å². The van der Waals surface area contributed by atoms with Crippen LogP contribution in [0.25, 0.3) is 5.65 Å². The molecule has 1 aliphatic rings. The number of piperidine rings is 1. The summed E-state index contributed by atoms with van der Waals surface area (Å²) in [6.07, 6.45) is 7.69. The summed E-state index contributed by atoms with van der Waals surface area (Å²) >= 11 is 0. The maximum absolute atomic E-state index is 4.31. The van der Waals surface area contributed by atoms with E-state index in [0.29, 0.717) is 12.1 Å². The number of anilines is 1. The van der Waals surface area contributed by atoms with Gasteiger partial charge in [-0.2, -0.15) is 0 Å². The number of nitrogens with zero attached hydrogens (tertiary/aromatic N) is 3. The number of aromatic nitrogens is 2. The highest BCUT2D eigenvalue weighted by molar-refractivity contribution is 5.49. The van der Waals surface area contributed by atoms with Crippen LogP contribution in [0.2, 0.25) is 0 Å². The van der Waals surface area contributed by atoms with Crippen molar-refractivity contribution in [3.05, 3.63) is 30.6 Å². The maximum atomic E-state index is 4.31. The van der Waals surface area contributed by atoms with Gasteiger partial charge in [-0.25, -0.2) is 9.99 Å². The van der Waals surface area contributed by atoms with Crippen molar-refractivity contribution >= 4 is 11.5 Å².